The van der Waals surface area contributed by atoms with Crippen molar-refractivity contribution in [3.63, 3.8) is 0 Å². The Balaban J connectivity index is 0.000000209. The normalized spacial score (nSPS) is 14.4. The van der Waals surface area contributed by atoms with Gasteiger partial charge in [0.05, 0.1) is 13.2 Å². The second-order valence-electron chi connectivity index (χ2n) is 9.63. The molecule has 0 aliphatic carbocycles. The maximum Gasteiger partial charge on any atom is 0.472 e. The van der Waals surface area contributed by atoms with Crippen LogP contribution in [-0.2, 0) is 59.0 Å². The number of rotatable bonds is 14. The summed E-state index contributed by atoms with van der Waals surface area (Å²) >= 11 is 0. The van der Waals surface area contributed by atoms with Crippen LogP contribution in [0.15, 0.2) is 133 Å². The van der Waals surface area contributed by atoms with Gasteiger partial charge >= 0.3 is 13.8 Å². The second-order valence-corrected chi connectivity index (χ2v) is 11.1. The predicted molar refractivity (Wildman–Crippen MR) is 163 cm³/mol. The number of aliphatic hydroxyl groups excluding tert-OH is 1. The van der Waals surface area contributed by atoms with Gasteiger partial charge in [-0.1, -0.05) is 121 Å². The summed E-state index contributed by atoms with van der Waals surface area (Å²) in [6.45, 7) is 0.525. The SMILES string of the molecule is O=C1O[C@H](CCO)C(OCc2ccccc2)=C1OCc1ccccc1.O=P(O)(OCc1ccccc1)OCc1ccccc1. The third-order valence-electron chi connectivity index (χ3n) is 6.28. The highest BCUT2D eigenvalue weighted by molar-refractivity contribution is 7.47. The van der Waals surface area contributed by atoms with E-state index in [0.29, 0.717) is 12.4 Å². The van der Waals surface area contributed by atoms with Crippen molar-refractivity contribution in [2.75, 3.05) is 6.61 Å². The predicted octanol–water partition coefficient (Wildman–Crippen LogP) is 6.46. The number of aliphatic hydroxyl groups is 1. The van der Waals surface area contributed by atoms with Crippen LogP contribution in [0.4, 0.5) is 0 Å². The smallest absolute Gasteiger partial charge is 0.472 e. The molecular formula is C34H35O9P. The molecule has 4 aromatic carbocycles. The Bertz CT molecular complexity index is 1450. The standard InChI is InChI=1S/C20H20O5.C14H15O4P/c21-12-11-17-18(23-13-15-7-3-1-4-8-15)19(20(22)25-17)24-14-16-9-5-2-6-10-16;15-19(16,17-11-13-7-3-1-4-8-13)18-12-14-9-5-2-6-10-14/h1-10,17,21H,11-14H2;1-10H,11-12H2,(H,15,16)/t17-;/m1./s1. The van der Waals surface area contributed by atoms with Gasteiger partial charge in [0.1, 0.15) is 13.2 Å². The van der Waals surface area contributed by atoms with Gasteiger partial charge in [0.15, 0.2) is 11.9 Å². The highest BCUT2D eigenvalue weighted by Gasteiger charge is 2.37. The van der Waals surface area contributed by atoms with E-state index in [0.717, 1.165) is 22.3 Å². The fourth-order valence-electron chi connectivity index (χ4n) is 4.04. The first-order valence-electron chi connectivity index (χ1n) is 14.0. The topological polar surface area (TPSA) is 121 Å². The zero-order chi connectivity index (χ0) is 31.0. The quantitative estimate of drug-likeness (QED) is 0.121. The summed E-state index contributed by atoms with van der Waals surface area (Å²) in [5.41, 5.74) is 3.55. The van der Waals surface area contributed by atoms with Gasteiger partial charge in [-0.25, -0.2) is 9.36 Å². The number of carbonyl (C=O) groups excluding carboxylic acids is 1. The molecule has 0 bridgehead atoms. The number of hydrogen-bond acceptors (Lipinski definition) is 8. The van der Waals surface area contributed by atoms with Crippen molar-refractivity contribution in [1.82, 2.24) is 0 Å². The number of phosphoric ester groups is 1. The van der Waals surface area contributed by atoms with Crippen LogP contribution < -0.4 is 0 Å². The fourth-order valence-corrected chi connectivity index (χ4v) is 4.74. The van der Waals surface area contributed by atoms with E-state index < -0.39 is 19.9 Å². The van der Waals surface area contributed by atoms with Crippen LogP contribution in [0.3, 0.4) is 0 Å². The molecule has 0 saturated heterocycles. The first-order chi connectivity index (χ1) is 21.4. The van der Waals surface area contributed by atoms with Crippen LogP contribution in [0.25, 0.3) is 0 Å². The maximum atomic E-state index is 12.1. The molecule has 0 saturated carbocycles. The number of benzene rings is 4. The summed E-state index contributed by atoms with van der Waals surface area (Å²) in [5, 5.41) is 9.20. The van der Waals surface area contributed by atoms with Gasteiger partial charge in [-0.3, -0.25) is 9.05 Å². The van der Waals surface area contributed by atoms with Gasteiger partial charge in [-0.2, -0.15) is 0 Å². The van der Waals surface area contributed by atoms with Crippen LogP contribution in [0, 0.1) is 0 Å². The molecule has 10 heteroatoms. The Hall–Kier alpha value is -4.24. The van der Waals surface area contributed by atoms with E-state index in [-0.39, 0.29) is 38.6 Å². The Morgan fingerprint density at radius 2 is 1.00 bits per heavy atom. The van der Waals surface area contributed by atoms with Crippen molar-refractivity contribution in [3.8, 4) is 0 Å². The average Bonchev–Trinajstić information content (AvgIpc) is 3.36. The van der Waals surface area contributed by atoms with E-state index in [2.05, 4.69) is 0 Å². The molecule has 1 atom stereocenters. The van der Waals surface area contributed by atoms with Crippen molar-refractivity contribution in [2.24, 2.45) is 0 Å². The van der Waals surface area contributed by atoms with E-state index in [4.69, 9.17) is 23.3 Å². The van der Waals surface area contributed by atoms with Gasteiger partial charge in [0.2, 0.25) is 5.76 Å². The number of cyclic esters (lactones) is 1. The van der Waals surface area contributed by atoms with Gasteiger partial charge in [0, 0.05) is 13.0 Å². The summed E-state index contributed by atoms with van der Waals surface area (Å²) in [6.07, 6.45) is -0.347. The van der Waals surface area contributed by atoms with Crippen LogP contribution >= 0.6 is 7.82 Å². The zero-order valence-corrected chi connectivity index (χ0v) is 25.0. The van der Waals surface area contributed by atoms with Crippen LogP contribution in [-0.4, -0.2) is 28.7 Å². The molecule has 230 valence electrons. The van der Waals surface area contributed by atoms with E-state index in [1.165, 1.54) is 0 Å². The summed E-state index contributed by atoms with van der Waals surface area (Å²) < 4.78 is 38.3. The fraction of sp³-hybridized carbons (Fsp3) is 0.206. The summed E-state index contributed by atoms with van der Waals surface area (Å²) in [5.74, 6) is -0.130. The Morgan fingerprint density at radius 3 is 1.41 bits per heavy atom. The van der Waals surface area contributed by atoms with Gasteiger partial charge < -0.3 is 24.2 Å². The van der Waals surface area contributed by atoms with Crippen molar-refractivity contribution < 1.29 is 42.6 Å². The first kappa shape index (κ1) is 32.7. The maximum absolute atomic E-state index is 12.1. The molecule has 0 aromatic heterocycles. The third kappa shape index (κ3) is 10.8. The molecule has 9 nitrogen and oxygen atoms in total. The molecule has 0 spiro atoms. The molecular weight excluding hydrogens is 583 g/mol. The highest BCUT2D eigenvalue weighted by Crippen LogP contribution is 2.44. The van der Waals surface area contributed by atoms with Gasteiger partial charge in [-0.05, 0) is 22.3 Å². The highest BCUT2D eigenvalue weighted by atomic mass is 31.2. The summed E-state index contributed by atoms with van der Waals surface area (Å²) in [6, 6.07) is 37.5. The molecule has 1 aliphatic heterocycles. The lowest BCUT2D eigenvalue weighted by atomic mass is 10.2. The van der Waals surface area contributed by atoms with E-state index >= 15 is 0 Å². The van der Waals surface area contributed by atoms with Crippen LogP contribution in [0.2, 0.25) is 0 Å². The van der Waals surface area contributed by atoms with Crippen molar-refractivity contribution in [2.45, 2.75) is 39.0 Å². The second kappa shape index (κ2) is 17.2. The van der Waals surface area contributed by atoms with Gasteiger partial charge in [0.25, 0.3) is 0 Å². The lowest BCUT2D eigenvalue weighted by molar-refractivity contribution is -0.143. The summed E-state index contributed by atoms with van der Waals surface area (Å²) in [4.78, 5) is 21.7. The Labute approximate surface area is 256 Å². The molecule has 1 heterocycles. The van der Waals surface area contributed by atoms with E-state index in [1.807, 2.05) is 121 Å². The molecule has 0 unspecified atom stereocenters. The number of esters is 1. The minimum Gasteiger partial charge on any atom is -0.485 e. The van der Waals surface area contributed by atoms with Crippen LogP contribution in [0.1, 0.15) is 28.7 Å². The minimum absolute atomic E-state index is 0.0450. The molecule has 1 aliphatic rings. The molecule has 0 fully saturated rings. The molecule has 2 N–H and O–H groups in total. The first-order valence-corrected chi connectivity index (χ1v) is 15.5. The molecule has 5 rings (SSSR count). The van der Waals surface area contributed by atoms with Crippen molar-refractivity contribution in [3.05, 3.63) is 155 Å². The van der Waals surface area contributed by atoms with Gasteiger partial charge in [-0.15, -0.1) is 0 Å². The Morgan fingerprint density at radius 1 is 0.614 bits per heavy atom. The van der Waals surface area contributed by atoms with Crippen molar-refractivity contribution >= 4 is 13.8 Å². The average molecular weight is 619 g/mol. The lowest BCUT2D eigenvalue weighted by Crippen LogP contribution is -2.15. The number of phosphoric acid groups is 1. The number of ether oxygens (including phenoxy) is 3. The third-order valence-corrected chi connectivity index (χ3v) is 7.19. The largest absolute Gasteiger partial charge is 0.485 e. The molecule has 0 amide bonds. The zero-order valence-electron chi connectivity index (χ0n) is 24.1. The van der Waals surface area contributed by atoms with Crippen molar-refractivity contribution in [1.29, 1.82) is 0 Å². The van der Waals surface area contributed by atoms with Crippen LogP contribution in [0.5, 0.6) is 0 Å². The number of carbonyl (C=O) groups is 1. The monoisotopic (exact) mass is 618 g/mol. The minimum atomic E-state index is -4.02. The Kier molecular flexibility index (Phi) is 12.7. The summed E-state index contributed by atoms with van der Waals surface area (Å²) in [7, 11) is -4.02. The van der Waals surface area contributed by atoms with E-state index in [1.54, 1.807) is 0 Å². The molecule has 4 aromatic rings. The molecule has 0 radical (unpaired) electrons. The molecule has 44 heavy (non-hydrogen) atoms. The number of hydrogen-bond donors (Lipinski definition) is 2. The lowest BCUT2D eigenvalue weighted by Gasteiger charge is -2.14. The van der Waals surface area contributed by atoms with E-state index in [9.17, 15) is 19.4 Å².